The summed E-state index contributed by atoms with van der Waals surface area (Å²) in [5.41, 5.74) is 7.40. The lowest BCUT2D eigenvalue weighted by molar-refractivity contribution is -0.274. The number of hydrazone groups is 1. The lowest BCUT2D eigenvalue weighted by Crippen LogP contribution is -2.38. The van der Waals surface area contributed by atoms with E-state index in [0.29, 0.717) is 28.9 Å². The Morgan fingerprint density at radius 1 is 1.09 bits per heavy atom. The number of halogens is 3. The number of anilines is 1. The summed E-state index contributed by atoms with van der Waals surface area (Å²) in [6.07, 6.45) is 0.261. The Bertz CT molecular complexity index is 1570. The lowest BCUT2D eigenvalue weighted by Gasteiger charge is -2.22. The summed E-state index contributed by atoms with van der Waals surface area (Å²) < 4.78 is 40.8. The summed E-state index contributed by atoms with van der Waals surface area (Å²) in [7, 11) is 0. The smallest absolute Gasteiger partial charge is 0.464 e. The van der Waals surface area contributed by atoms with Gasteiger partial charge in [0.1, 0.15) is 5.75 Å². The van der Waals surface area contributed by atoms with Crippen molar-refractivity contribution in [2.75, 3.05) is 30.7 Å². The Labute approximate surface area is 275 Å². The molecule has 1 amide bonds. The molecule has 47 heavy (non-hydrogen) atoms. The molecule has 0 aromatic heterocycles. The second-order valence-corrected chi connectivity index (χ2v) is 11.7. The van der Waals surface area contributed by atoms with Crippen LogP contribution in [0, 0.1) is 19.8 Å². The molecule has 0 aliphatic carbocycles. The lowest BCUT2D eigenvalue weighted by atomic mass is 10.00. The van der Waals surface area contributed by atoms with Gasteiger partial charge < -0.3 is 31.1 Å². The molecule has 4 rings (SSSR count). The molecular formula is C33H36F3N8O2S-. The number of amides is 1. The van der Waals surface area contributed by atoms with E-state index in [1.54, 1.807) is 30.5 Å². The number of carbonyl (C=O) groups excluding carboxylic acids is 1. The Hall–Kier alpha value is -4.69. The first-order valence-electron chi connectivity index (χ1n) is 14.9. The number of aliphatic imine (C=N–C) groups is 2. The number of piperidine rings is 1. The molecule has 0 radical (unpaired) electrons. The molecule has 248 valence electrons. The maximum absolute atomic E-state index is 12.6. The van der Waals surface area contributed by atoms with Gasteiger partial charge in [0.15, 0.2) is 5.17 Å². The molecule has 1 fully saturated rings. The van der Waals surface area contributed by atoms with E-state index in [-0.39, 0.29) is 23.2 Å². The van der Waals surface area contributed by atoms with Crippen LogP contribution in [0.25, 0.3) is 5.41 Å². The average molecular weight is 666 g/mol. The quantitative estimate of drug-likeness (QED) is 0.111. The molecule has 1 unspecified atom stereocenters. The number of thioether (sulfide) groups is 1. The normalized spacial score (nSPS) is 15.5. The van der Waals surface area contributed by atoms with Gasteiger partial charge in [0, 0.05) is 12.2 Å². The molecule has 1 heterocycles. The summed E-state index contributed by atoms with van der Waals surface area (Å²) in [6.45, 7) is 6.54. The van der Waals surface area contributed by atoms with Crippen LogP contribution in [-0.4, -0.2) is 61.2 Å². The third-order valence-corrected chi connectivity index (χ3v) is 7.89. The van der Waals surface area contributed by atoms with Gasteiger partial charge in [-0.15, -0.1) is 13.2 Å². The largest absolute Gasteiger partial charge is 0.573 e. The molecule has 1 saturated heterocycles. The number of alkyl halides is 3. The van der Waals surface area contributed by atoms with Crippen molar-refractivity contribution in [1.82, 2.24) is 16.1 Å². The van der Waals surface area contributed by atoms with Crippen molar-refractivity contribution < 1.29 is 22.7 Å². The number of hydrogen-bond donors (Lipinski definition) is 4. The molecule has 4 N–H and O–H groups in total. The van der Waals surface area contributed by atoms with E-state index in [1.807, 2.05) is 32.0 Å². The molecule has 14 heteroatoms. The number of rotatable bonds is 11. The van der Waals surface area contributed by atoms with Gasteiger partial charge in [-0.3, -0.25) is 10.2 Å². The first-order valence-corrected chi connectivity index (χ1v) is 15.9. The zero-order valence-electron chi connectivity index (χ0n) is 26.0. The van der Waals surface area contributed by atoms with Gasteiger partial charge >= 0.3 is 6.36 Å². The minimum Gasteiger partial charge on any atom is -0.464 e. The Morgan fingerprint density at radius 3 is 2.47 bits per heavy atom. The summed E-state index contributed by atoms with van der Waals surface area (Å²) in [6, 6.07) is 17.8. The van der Waals surface area contributed by atoms with Crippen LogP contribution in [0.4, 0.5) is 24.5 Å². The van der Waals surface area contributed by atoms with Gasteiger partial charge in [-0.05, 0) is 98.6 Å². The van der Waals surface area contributed by atoms with Crippen LogP contribution in [0.5, 0.6) is 5.75 Å². The van der Waals surface area contributed by atoms with Crippen LogP contribution in [0.3, 0.4) is 0 Å². The molecule has 0 bridgehead atoms. The Morgan fingerprint density at radius 2 is 1.81 bits per heavy atom. The first kappa shape index (κ1) is 35.2. The number of para-hydroxylation sites is 1. The van der Waals surface area contributed by atoms with Gasteiger partial charge in [0.2, 0.25) is 5.91 Å². The summed E-state index contributed by atoms with van der Waals surface area (Å²) >= 11 is 1.27. The summed E-state index contributed by atoms with van der Waals surface area (Å²) in [5.74, 6) is -0.0630. The zero-order valence-corrected chi connectivity index (χ0v) is 26.8. The SMILES string of the molecule is Cc1cccc(C)c1N=C(N/N=C/c1ccc(C(=[N-])N=CNc2ccc(OC(F)(F)F)cc2)cc1)SCC(=O)NCC1CCCNC1. The molecule has 1 aliphatic rings. The maximum atomic E-state index is 12.6. The van der Waals surface area contributed by atoms with Gasteiger partial charge in [-0.2, -0.15) is 5.10 Å². The van der Waals surface area contributed by atoms with Gasteiger partial charge in [0.05, 0.1) is 17.7 Å². The predicted molar refractivity (Wildman–Crippen MR) is 184 cm³/mol. The predicted octanol–water partition coefficient (Wildman–Crippen LogP) is 6.12. The number of hydrogen-bond acceptors (Lipinski definition) is 6. The number of carbonyl (C=O) groups is 1. The van der Waals surface area contributed by atoms with E-state index in [4.69, 9.17) is 4.99 Å². The second-order valence-electron chi connectivity index (χ2n) is 10.8. The number of amidine groups is 2. The molecule has 1 aliphatic heterocycles. The van der Waals surface area contributed by atoms with E-state index >= 15 is 0 Å². The highest BCUT2D eigenvalue weighted by Gasteiger charge is 2.30. The molecule has 10 nitrogen and oxygen atoms in total. The number of nitrogens with one attached hydrogen (secondary N) is 4. The number of aryl methyl sites for hydroxylation is 2. The van der Waals surface area contributed by atoms with Crippen LogP contribution in [0.2, 0.25) is 0 Å². The van der Waals surface area contributed by atoms with Crippen molar-refractivity contribution in [3.8, 4) is 5.75 Å². The first-order chi connectivity index (χ1) is 22.6. The van der Waals surface area contributed by atoms with E-state index in [0.717, 1.165) is 60.4 Å². The van der Waals surface area contributed by atoms with Crippen LogP contribution in [0.1, 0.15) is 35.1 Å². The van der Waals surface area contributed by atoms with Crippen molar-refractivity contribution in [2.24, 2.45) is 21.0 Å². The standard InChI is InChI=1S/C33H36F3N8O2S/c1-22-5-3-6-23(2)30(22)43-32(47-20-29(45)39-18-25-7-4-16-38-17-25)44-42-19-24-8-10-26(11-9-24)31(37)41-21-40-27-12-14-28(15-13-27)46-33(34,35)36/h3,5-6,8-15,19,21,25,38H,4,7,16-18,20H2,1-2H3,(H3-,37,39,40,41,43,44,45)/q-1. The fourth-order valence-corrected chi connectivity index (χ4v) is 5.23. The van der Waals surface area contributed by atoms with Gasteiger partial charge in [-0.25, -0.2) is 4.99 Å². The third-order valence-electron chi connectivity index (χ3n) is 7.03. The highest BCUT2D eigenvalue weighted by Crippen LogP contribution is 2.25. The third kappa shape index (κ3) is 12.2. The van der Waals surface area contributed by atoms with Crippen LogP contribution >= 0.6 is 11.8 Å². The fraction of sp³-hybridized carbons (Fsp3) is 0.303. The monoisotopic (exact) mass is 665 g/mol. The van der Waals surface area contributed by atoms with E-state index in [9.17, 15) is 23.4 Å². The molecule has 3 aromatic carbocycles. The minimum atomic E-state index is -4.77. The highest BCUT2D eigenvalue weighted by molar-refractivity contribution is 8.14. The average Bonchev–Trinajstić information content (AvgIpc) is 3.05. The maximum Gasteiger partial charge on any atom is 0.573 e. The molecule has 3 aromatic rings. The number of ether oxygens (including phenoxy) is 1. The molecule has 1 atom stereocenters. The second kappa shape index (κ2) is 17.3. The van der Waals surface area contributed by atoms with Crippen molar-refractivity contribution >= 4 is 52.6 Å². The van der Waals surface area contributed by atoms with Crippen LogP contribution in [-0.2, 0) is 4.79 Å². The van der Waals surface area contributed by atoms with E-state index < -0.39 is 6.36 Å². The van der Waals surface area contributed by atoms with E-state index in [2.05, 4.69) is 36.2 Å². The van der Waals surface area contributed by atoms with Crippen molar-refractivity contribution in [2.45, 2.75) is 33.1 Å². The minimum absolute atomic E-state index is 0.0708. The van der Waals surface area contributed by atoms with E-state index in [1.165, 1.54) is 30.2 Å². The van der Waals surface area contributed by atoms with Crippen molar-refractivity contribution in [3.63, 3.8) is 0 Å². The number of benzene rings is 3. The topological polar surface area (TPSA) is 134 Å². The molecule has 0 saturated carbocycles. The van der Waals surface area contributed by atoms with Crippen molar-refractivity contribution in [1.29, 1.82) is 0 Å². The Kier molecular flexibility index (Phi) is 12.9. The molecule has 0 spiro atoms. The van der Waals surface area contributed by atoms with Gasteiger partial charge in [-0.1, -0.05) is 60.1 Å². The highest BCUT2D eigenvalue weighted by atomic mass is 32.2. The van der Waals surface area contributed by atoms with Gasteiger partial charge in [0.25, 0.3) is 0 Å². The van der Waals surface area contributed by atoms with Crippen LogP contribution in [0.15, 0.2) is 81.8 Å². The summed E-state index contributed by atoms with van der Waals surface area (Å²) in [5, 5.41) is 24.3. The Balaban J connectivity index is 1.32. The number of nitrogens with zero attached hydrogens (tertiary/aromatic N) is 4. The molecular weight excluding hydrogens is 629 g/mol. The fourth-order valence-electron chi connectivity index (χ4n) is 4.59. The summed E-state index contributed by atoms with van der Waals surface area (Å²) in [4.78, 5) is 21.3. The zero-order chi connectivity index (χ0) is 33.6. The van der Waals surface area contributed by atoms with Crippen molar-refractivity contribution in [3.05, 3.63) is 94.4 Å². The van der Waals surface area contributed by atoms with Crippen LogP contribution < -0.4 is 26.1 Å².